The van der Waals surface area contributed by atoms with Crippen LogP contribution in [0.1, 0.15) is 19.4 Å². The summed E-state index contributed by atoms with van der Waals surface area (Å²) in [5.74, 6) is -1.07. The van der Waals surface area contributed by atoms with Crippen LogP contribution in [0.25, 0.3) is 0 Å². The van der Waals surface area contributed by atoms with Crippen LogP contribution < -0.4 is 10.2 Å². The van der Waals surface area contributed by atoms with Crippen molar-refractivity contribution in [3.63, 3.8) is 0 Å². The van der Waals surface area contributed by atoms with E-state index in [4.69, 9.17) is 0 Å². The summed E-state index contributed by atoms with van der Waals surface area (Å²) in [6.07, 6.45) is 0.563. The topological polar surface area (TPSA) is 86.8 Å². The summed E-state index contributed by atoms with van der Waals surface area (Å²) in [7, 11) is -2.58. The van der Waals surface area contributed by atoms with Crippen LogP contribution >= 0.6 is 0 Å². The van der Waals surface area contributed by atoms with E-state index in [-0.39, 0.29) is 16.8 Å². The molecule has 0 bridgehead atoms. The molecule has 0 unspecified atom stereocenters. The molecule has 1 atom stereocenters. The van der Waals surface area contributed by atoms with Crippen LogP contribution in [0.2, 0.25) is 0 Å². The summed E-state index contributed by atoms with van der Waals surface area (Å²) in [6, 6.07) is 9.76. The smallest absolute Gasteiger partial charge is 0.243 e. The standard InChI is InChI=1S/C20H22FN3O4S/c1-13-10-15-11-18(8-9-19(15)24(13)14(2)25)29(27,28)23(3)12-20(26)22-17-6-4-16(21)5-7-17/h4-9,11,13H,10,12H2,1-3H3,(H,22,26)/t13-/m1/s1. The number of carbonyl (C=O) groups is 2. The van der Waals surface area contributed by atoms with Crippen LogP contribution in [-0.4, -0.2) is 44.2 Å². The number of amides is 2. The number of anilines is 2. The van der Waals surface area contributed by atoms with Gasteiger partial charge in [-0.2, -0.15) is 4.31 Å². The van der Waals surface area contributed by atoms with Crippen molar-refractivity contribution in [3.05, 3.63) is 53.8 Å². The van der Waals surface area contributed by atoms with Crippen LogP contribution in [-0.2, 0) is 26.0 Å². The largest absolute Gasteiger partial charge is 0.325 e. The number of halogens is 1. The molecule has 1 N–H and O–H groups in total. The third kappa shape index (κ3) is 4.30. The highest BCUT2D eigenvalue weighted by molar-refractivity contribution is 7.89. The number of hydrogen-bond donors (Lipinski definition) is 1. The van der Waals surface area contributed by atoms with Crippen molar-refractivity contribution >= 4 is 33.2 Å². The predicted molar refractivity (Wildman–Crippen MR) is 108 cm³/mol. The first kappa shape index (κ1) is 20.9. The maximum Gasteiger partial charge on any atom is 0.243 e. The fourth-order valence-electron chi connectivity index (χ4n) is 3.45. The number of likely N-dealkylation sites (N-methyl/N-ethyl adjacent to an activating group) is 1. The number of fused-ring (bicyclic) bond motifs is 1. The Morgan fingerprint density at radius 2 is 1.86 bits per heavy atom. The lowest BCUT2D eigenvalue weighted by molar-refractivity contribution is -0.117. The van der Waals surface area contributed by atoms with Crippen LogP contribution in [0, 0.1) is 5.82 Å². The lowest BCUT2D eigenvalue weighted by Gasteiger charge is -2.21. The number of nitrogens with one attached hydrogen (secondary N) is 1. The van der Waals surface area contributed by atoms with Crippen molar-refractivity contribution in [2.24, 2.45) is 0 Å². The van der Waals surface area contributed by atoms with E-state index in [1.165, 1.54) is 44.3 Å². The molecule has 1 heterocycles. The number of hydrogen-bond acceptors (Lipinski definition) is 4. The summed E-state index contributed by atoms with van der Waals surface area (Å²) in [5, 5.41) is 2.53. The van der Waals surface area contributed by atoms with Crippen LogP contribution in [0.3, 0.4) is 0 Å². The second-order valence-electron chi connectivity index (χ2n) is 7.05. The van der Waals surface area contributed by atoms with E-state index >= 15 is 0 Å². The van der Waals surface area contributed by atoms with Gasteiger partial charge in [0.1, 0.15) is 5.82 Å². The number of carbonyl (C=O) groups excluding carboxylic acids is 2. The molecule has 154 valence electrons. The summed E-state index contributed by atoms with van der Waals surface area (Å²) < 4.78 is 39.7. The number of sulfonamides is 1. The second-order valence-corrected chi connectivity index (χ2v) is 9.09. The van der Waals surface area contributed by atoms with E-state index in [0.717, 1.165) is 9.87 Å². The molecule has 29 heavy (non-hydrogen) atoms. The molecule has 2 aromatic carbocycles. The number of rotatable bonds is 5. The van der Waals surface area contributed by atoms with E-state index in [1.807, 2.05) is 6.92 Å². The summed E-state index contributed by atoms with van der Waals surface area (Å²) in [5.41, 5.74) is 1.86. The molecule has 2 amide bonds. The van der Waals surface area contributed by atoms with E-state index < -0.39 is 28.3 Å². The Hall–Kier alpha value is -2.78. The molecule has 0 radical (unpaired) electrons. The van der Waals surface area contributed by atoms with Gasteiger partial charge in [-0.15, -0.1) is 0 Å². The summed E-state index contributed by atoms with van der Waals surface area (Å²) >= 11 is 0. The highest BCUT2D eigenvalue weighted by Gasteiger charge is 2.31. The Labute approximate surface area is 169 Å². The van der Waals surface area contributed by atoms with Gasteiger partial charge in [0.25, 0.3) is 0 Å². The zero-order valence-corrected chi connectivity index (χ0v) is 17.2. The maximum absolute atomic E-state index is 12.9. The minimum atomic E-state index is -3.90. The fourth-order valence-corrected chi connectivity index (χ4v) is 4.63. The Kier molecular flexibility index (Phi) is 5.72. The van der Waals surface area contributed by atoms with Crippen molar-refractivity contribution in [2.75, 3.05) is 23.8 Å². The van der Waals surface area contributed by atoms with Crippen molar-refractivity contribution in [1.82, 2.24) is 4.31 Å². The van der Waals surface area contributed by atoms with Gasteiger partial charge in [0.15, 0.2) is 0 Å². The first-order valence-electron chi connectivity index (χ1n) is 9.04. The van der Waals surface area contributed by atoms with Crippen molar-refractivity contribution in [3.8, 4) is 0 Å². The Balaban J connectivity index is 1.75. The van der Waals surface area contributed by atoms with Gasteiger partial charge in [-0.1, -0.05) is 0 Å². The zero-order chi connectivity index (χ0) is 21.3. The molecule has 7 nitrogen and oxygen atoms in total. The van der Waals surface area contributed by atoms with Crippen molar-refractivity contribution in [1.29, 1.82) is 0 Å². The van der Waals surface area contributed by atoms with Gasteiger partial charge < -0.3 is 10.2 Å². The Morgan fingerprint density at radius 1 is 1.21 bits per heavy atom. The zero-order valence-electron chi connectivity index (χ0n) is 16.3. The third-order valence-electron chi connectivity index (χ3n) is 4.81. The Bertz CT molecular complexity index is 1050. The molecule has 0 fully saturated rings. The molecule has 0 saturated heterocycles. The molecule has 1 aliphatic rings. The SMILES string of the molecule is CC(=O)N1c2ccc(S(=O)(=O)N(C)CC(=O)Nc3ccc(F)cc3)cc2C[C@H]1C. The monoisotopic (exact) mass is 419 g/mol. The van der Waals surface area contributed by atoms with Gasteiger partial charge in [-0.25, -0.2) is 12.8 Å². The first-order chi connectivity index (χ1) is 13.6. The average Bonchev–Trinajstić information content (AvgIpc) is 2.98. The fraction of sp³-hybridized carbons (Fsp3) is 0.300. The lowest BCUT2D eigenvalue weighted by atomic mass is 10.1. The molecular formula is C20H22FN3O4S. The molecule has 0 saturated carbocycles. The molecule has 0 aliphatic carbocycles. The van der Waals surface area contributed by atoms with Gasteiger partial charge >= 0.3 is 0 Å². The maximum atomic E-state index is 12.9. The third-order valence-corrected chi connectivity index (χ3v) is 6.61. The number of benzene rings is 2. The highest BCUT2D eigenvalue weighted by Crippen LogP contribution is 2.34. The van der Waals surface area contributed by atoms with Gasteiger partial charge in [-0.05, 0) is 61.4 Å². The van der Waals surface area contributed by atoms with Crippen molar-refractivity contribution in [2.45, 2.75) is 31.2 Å². The van der Waals surface area contributed by atoms with E-state index in [0.29, 0.717) is 17.8 Å². The lowest BCUT2D eigenvalue weighted by Crippen LogP contribution is -2.35. The van der Waals surface area contributed by atoms with E-state index in [2.05, 4.69) is 5.32 Å². The van der Waals surface area contributed by atoms with E-state index in [9.17, 15) is 22.4 Å². The first-order valence-corrected chi connectivity index (χ1v) is 10.5. The van der Waals surface area contributed by atoms with Gasteiger partial charge in [0.2, 0.25) is 21.8 Å². The van der Waals surface area contributed by atoms with Crippen molar-refractivity contribution < 1.29 is 22.4 Å². The van der Waals surface area contributed by atoms with Crippen LogP contribution in [0.15, 0.2) is 47.4 Å². The second kappa shape index (κ2) is 7.92. The van der Waals surface area contributed by atoms with Crippen LogP contribution in [0.4, 0.5) is 15.8 Å². The Morgan fingerprint density at radius 3 is 2.48 bits per heavy atom. The van der Waals surface area contributed by atoms with Gasteiger partial charge in [0, 0.05) is 31.4 Å². The molecule has 3 rings (SSSR count). The molecule has 0 spiro atoms. The average molecular weight is 419 g/mol. The van der Waals surface area contributed by atoms with Crippen LogP contribution in [0.5, 0.6) is 0 Å². The molecule has 2 aromatic rings. The molecular weight excluding hydrogens is 397 g/mol. The molecule has 0 aromatic heterocycles. The summed E-state index contributed by atoms with van der Waals surface area (Å²) in [4.78, 5) is 25.7. The molecule has 1 aliphatic heterocycles. The van der Waals surface area contributed by atoms with E-state index in [1.54, 1.807) is 17.0 Å². The highest BCUT2D eigenvalue weighted by atomic mass is 32.2. The quantitative estimate of drug-likeness (QED) is 0.806. The predicted octanol–water partition coefficient (Wildman–Crippen LogP) is 2.38. The number of nitrogens with zero attached hydrogens (tertiary/aromatic N) is 2. The minimum Gasteiger partial charge on any atom is -0.325 e. The van der Waals surface area contributed by atoms with Gasteiger partial charge in [-0.3, -0.25) is 9.59 Å². The van der Waals surface area contributed by atoms with Gasteiger partial charge in [0.05, 0.1) is 11.4 Å². The molecule has 9 heteroatoms. The normalized spacial score (nSPS) is 16.0. The minimum absolute atomic E-state index is 0.0420. The summed E-state index contributed by atoms with van der Waals surface area (Å²) in [6.45, 7) is 2.98.